The number of fused-ring (bicyclic) bond motifs is 1. The van der Waals surface area contributed by atoms with Crippen LogP contribution in [-0.2, 0) is 6.54 Å². The summed E-state index contributed by atoms with van der Waals surface area (Å²) in [6.07, 6.45) is 5.42. The van der Waals surface area contributed by atoms with Crippen LogP contribution >= 0.6 is 0 Å². The number of hydrogen-bond acceptors (Lipinski definition) is 4. The second kappa shape index (κ2) is 5.65. The lowest BCUT2D eigenvalue weighted by atomic mass is 10.1. The monoisotopic (exact) mass is 309 g/mol. The third-order valence-electron chi connectivity index (χ3n) is 4.52. The number of para-hydroxylation sites is 1. The molecule has 1 amide bonds. The molecule has 1 fully saturated rings. The molecule has 1 unspecified atom stereocenters. The van der Waals surface area contributed by atoms with Gasteiger partial charge in [-0.25, -0.2) is 9.97 Å². The van der Waals surface area contributed by atoms with Crippen molar-refractivity contribution in [3.05, 3.63) is 53.6 Å². The van der Waals surface area contributed by atoms with E-state index in [2.05, 4.69) is 9.97 Å². The van der Waals surface area contributed by atoms with E-state index in [1.165, 1.54) is 6.33 Å². The van der Waals surface area contributed by atoms with Crippen molar-refractivity contribution in [1.29, 1.82) is 0 Å². The van der Waals surface area contributed by atoms with Gasteiger partial charge in [-0.05, 0) is 25.8 Å². The molecular weight excluding hydrogens is 290 g/mol. The average molecular weight is 309 g/mol. The van der Waals surface area contributed by atoms with Gasteiger partial charge in [0, 0.05) is 17.7 Å². The summed E-state index contributed by atoms with van der Waals surface area (Å²) >= 11 is 0. The summed E-state index contributed by atoms with van der Waals surface area (Å²) in [7, 11) is 0. The lowest BCUT2D eigenvalue weighted by Gasteiger charge is -2.27. The Balaban J connectivity index is 1.67. The van der Waals surface area contributed by atoms with Crippen LogP contribution in [0.1, 0.15) is 47.3 Å². The van der Waals surface area contributed by atoms with Crippen molar-refractivity contribution in [2.24, 2.45) is 0 Å². The van der Waals surface area contributed by atoms with E-state index in [0.717, 1.165) is 29.8 Å². The number of hydrogen-bond donors (Lipinski definition) is 0. The molecule has 4 rings (SSSR count). The predicted octanol–water partition coefficient (Wildman–Crippen LogP) is 2.78. The molecule has 23 heavy (non-hydrogen) atoms. The van der Waals surface area contributed by atoms with Crippen LogP contribution < -0.4 is 4.74 Å². The number of carbonyl (C=O) groups excluding carboxylic acids is 1. The molecule has 2 aliphatic rings. The predicted molar refractivity (Wildman–Crippen MR) is 85.3 cm³/mol. The first-order valence-corrected chi connectivity index (χ1v) is 8.05. The van der Waals surface area contributed by atoms with E-state index < -0.39 is 0 Å². The Labute approximate surface area is 135 Å². The fraction of sp³-hybridized carbons (Fsp3) is 0.389. The van der Waals surface area contributed by atoms with Gasteiger partial charge in [-0.15, -0.1) is 0 Å². The Morgan fingerprint density at radius 3 is 2.96 bits per heavy atom. The Morgan fingerprint density at radius 2 is 2.13 bits per heavy atom. The standard InChI is InChI=1S/C18H19N3O2/c1-12-10-23-16-5-3-2-4-14(16)9-21(12)18(22)15-8-19-11-20-17(15)13-6-7-13/h2-5,8,11-13H,6-7,9-10H2,1H3. The van der Waals surface area contributed by atoms with Crippen molar-refractivity contribution in [2.45, 2.75) is 38.3 Å². The van der Waals surface area contributed by atoms with Crippen LogP contribution in [-0.4, -0.2) is 33.4 Å². The Bertz CT molecular complexity index is 743. The van der Waals surface area contributed by atoms with Crippen molar-refractivity contribution in [3.8, 4) is 5.75 Å². The molecule has 5 nitrogen and oxygen atoms in total. The first-order valence-electron chi connectivity index (χ1n) is 8.05. The van der Waals surface area contributed by atoms with Crippen molar-refractivity contribution >= 4 is 5.91 Å². The van der Waals surface area contributed by atoms with Crippen LogP contribution in [0.5, 0.6) is 5.75 Å². The first kappa shape index (κ1) is 14.2. The number of aromatic nitrogens is 2. The number of ether oxygens (including phenoxy) is 1. The van der Waals surface area contributed by atoms with Gasteiger partial charge in [-0.1, -0.05) is 18.2 Å². The molecule has 2 aromatic rings. The van der Waals surface area contributed by atoms with Gasteiger partial charge in [-0.2, -0.15) is 0 Å². The molecule has 2 heterocycles. The number of nitrogens with zero attached hydrogens (tertiary/aromatic N) is 3. The highest BCUT2D eigenvalue weighted by Gasteiger charge is 2.33. The van der Waals surface area contributed by atoms with Crippen molar-refractivity contribution in [2.75, 3.05) is 6.61 Å². The molecule has 1 saturated carbocycles. The fourth-order valence-electron chi connectivity index (χ4n) is 3.03. The second-order valence-electron chi connectivity index (χ2n) is 6.30. The molecule has 0 saturated heterocycles. The minimum atomic E-state index is 0.000281. The zero-order valence-corrected chi connectivity index (χ0v) is 13.1. The lowest BCUT2D eigenvalue weighted by Crippen LogP contribution is -2.40. The average Bonchev–Trinajstić information content (AvgIpc) is 3.43. The topological polar surface area (TPSA) is 55.3 Å². The number of rotatable bonds is 2. The Morgan fingerprint density at radius 1 is 1.30 bits per heavy atom. The molecular formula is C18H19N3O2. The maximum absolute atomic E-state index is 13.1. The molecule has 0 bridgehead atoms. The van der Waals surface area contributed by atoms with Gasteiger partial charge in [0.1, 0.15) is 18.7 Å². The van der Waals surface area contributed by atoms with E-state index in [1.807, 2.05) is 36.1 Å². The van der Waals surface area contributed by atoms with Crippen LogP contribution in [0.2, 0.25) is 0 Å². The van der Waals surface area contributed by atoms with Crippen LogP contribution in [0.15, 0.2) is 36.8 Å². The normalized spacial score (nSPS) is 20.4. The van der Waals surface area contributed by atoms with Crippen LogP contribution in [0.3, 0.4) is 0 Å². The first-order chi connectivity index (χ1) is 11.2. The zero-order chi connectivity index (χ0) is 15.8. The summed E-state index contributed by atoms with van der Waals surface area (Å²) in [5, 5.41) is 0. The number of amides is 1. The van der Waals surface area contributed by atoms with Crippen molar-refractivity contribution in [3.63, 3.8) is 0 Å². The highest BCUT2D eigenvalue weighted by molar-refractivity contribution is 5.95. The number of benzene rings is 1. The Hall–Kier alpha value is -2.43. The van der Waals surface area contributed by atoms with Gasteiger partial charge in [0.15, 0.2) is 0 Å². The minimum Gasteiger partial charge on any atom is -0.491 e. The summed E-state index contributed by atoms with van der Waals surface area (Å²) in [6.45, 7) is 3.06. The third kappa shape index (κ3) is 2.67. The van der Waals surface area contributed by atoms with E-state index in [0.29, 0.717) is 24.6 Å². The summed E-state index contributed by atoms with van der Waals surface area (Å²) in [5.74, 6) is 1.28. The number of carbonyl (C=O) groups is 1. The van der Waals surface area contributed by atoms with Crippen LogP contribution in [0.4, 0.5) is 0 Å². The van der Waals surface area contributed by atoms with Gasteiger partial charge in [0.2, 0.25) is 0 Å². The van der Waals surface area contributed by atoms with E-state index >= 15 is 0 Å². The molecule has 1 aromatic heterocycles. The molecule has 1 aromatic carbocycles. The van der Waals surface area contributed by atoms with Crippen LogP contribution in [0, 0.1) is 0 Å². The quantitative estimate of drug-likeness (QED) is 0.856. The van der Waals surface area contributed by atoms with Gasteiger partial charge in [0.25, 0.3) is 5.91 Å². The van der Waals surface area contributed by atoms with Gasteiger partial charge in [0.05, 0.1) is 23.8 Å². The highest BCUT2D eigenvalue weighted by atomic mass is 16.5. The van der Waals surface area contributed by atoms with Crippen molar-refractivity contribution < 1.29 is 9.53 Å². The molecule has 0 N–H and O–H groups in total. The largest absolute Gasteiger partial charge is 0.491 e. The minimum absolute atomic E-state index is 0.000281. The highest BCUT2D eigenvalue weighted by Crippen LogP contribution is 2.40. The summed E-state index contributed by atoms with van der Waals surface area (Å²) < 4.78 is 5.84. The Kier molecular flexibility index (Phi) is 3.48. The van der Waals surface area contributed by atoms with E-state index in [-0.39, 0.29) is 11.9 Å². The molecule has 1 aliphatic heterocycles. The smallest absolute Gasteiger partial charge is 0.257 e. The summed E-state index contributed by atoms with van der Waals surface area (Å²) in [5.41, 5.74) is 2.58. The molecule has 0 spiro atoms. The maximum atomic E-state index is 13.1. The van der Waals surface area contributed by atoms with E-state index in [1.54, 1.807) is 6.20 Å². The molecule has 1 aliphatic carbocycles. The molecule has 5 heteroatoms. The van der Waals surface area contributed by atoms with Gasteiger partial charge in [-0.3, -0.25) is 4.79 Å². The van der Waals surface area contributed by atoms with E-state index in [4.69, 9.17) is 4.74 Å². The van der Waals surface area contributed by atoms with Crippen molar-refractivity contribution in [1.82, 2.24) is 14.9 Å². The maximum Gasteiger partial charge on any atom is 0.257 e. The third-order valence-corrected chi connectivity index (χ3v) is 4.52. The fourth-order valence-corrected chi connectivity index (χ4v) is 3.03. The lowest BCUT2D eigenvalue weighted by molar-refractivity contribution is 0.0643. The van der Waals surface area contributed by atoms with Gasteiger partial charge >= 0.3 is 0 Å². The molecule has 0 radical (unpaired) electrons. The van der Waals surface area contributed by atoms with Gasteiger partial charge < -0.3 is 9.64 Å². The summed E-state index contributed by atoms with van der Waals surface area (Å²) in [6, 6.07) is 7.90. The van der Waals surface area contributed by atoms with E-state index in [9.17, 15) is 4.79 Å². The molecule has 1 atom stereocenters. The second-order valence-corrected chi connectivity index (χ2v) is 6.30. The zero-order valence-electron chi connectivity index (χ0n) is 13.1. The summed E-state index contributed by atoms with van der Waals surface area (Å²) in [4.78, 5) is 23.4. The molecule has 118 valence electrons. The van der Waals surface area contributed by atoms with Crippen LogP contribution in [0.25, 0.3) is 0 Å². The SMILES string of the molecule is CC1COc2ccccc2CN1C(=O)c1cncnc1C1CC1.